The number of hydrogen-bond acceptors (Lipinski definition) is 8. The third-order valence-corrected chi connectivity index (χ3v) is 5.76. The summed E-state index contributed by atoms with van der Waals surface area (Å²) in [6.07, 6.45) is 2.41. The molecule has 0 N–H and O–H groups in total. The van der Waals surface area contributed by atoms with Crippen LogP contribution >= 0.6 is 11.5 Å². The number of fused-ring (bicyclic) bond motifs is 1. The van der Waals surface area contributed by atoms with Crippen molar-refractivity contribution in [2.45, 2.75) is 20.3 Å². The molecule has 2 aromatic heterocycles. The molecular formula is C20H22FN5O2S. The Labute approximate surface area is 172 Å². The van der Waals surface area contributed by atoms with Crippen molar-refractivity contribution >= 4 is 39.2 Å². The van der Waals surface area contributed by atoms with Crippen molar-refractivity contribution in [3.63, 3.8) is 0 Å². The van der Waals surface area contributed by atoms with Crippen LogP contribution in [-0.4, -0.2) is 53.1 Å². The molecule has 1 fully saturated rings. The Morgan fingerprint density at radius 2 is 2.03 bits per heavy atom. The maximum absolute atomic E-state index is 14.0. The number of rotatable bonds is 4. The second kappa shape index (κ2) is 8.28. The van der Waals surface area contributed by atoms with Gasteiger partial charge < -0.3 is 14.5 Å². The number of benzene rings is 1. The van der Waals surface area contributed by atoms with Gasteiger partial charge in [-0.25, -0.2) is 14.2 Å². The van der Waals surface area contributed by atoms with Crippen LogP contribution < -0.4 is 9.80 Å². The summed E-state index contributed by atoms with van der Waals surface area (Å²) in [5.74, 6) is -0.0318. The Hall–Kier alpha value is -2.81. The number of nitrogens with zero attached hydrogens (tertiary/aromatic N) is 5. The molecule has 0 amide bonds. The summed E-state index contributed by atoms with van der Waals surface area (Å²) in [7, 11) is 0. The number of carbonyl (C=O) groups excluding carboxylic acids is 1. The summed E-state index contributed by atoms with van der Waals surface area (Å²) in [6.45, 7) is 6.89. The fraction of sp³-hybridized carbons (Fsp3) is 0.400. The van der Waals surface area contributed by atoms with Crippen molar-refractivity contribution in [3.8, 4) is 0 Å². The zero-order chi connectivity index (χ0) is 20.4. The summed E-state index contributed by atoms with van der Waals surface area (Å²) in [6, 6.07) is 4.46. The van der Waals surface area contributed by atoms with Crippen molar-refractivity contribution < 1.29 is 13.9 Å². The highest BCUT2D eigenvalue weighted by molar-refractivity contribution is 7.09. The van der Waals surface area contributed by atoms with Gasteiger partial charge in [0, 0.05) is 49.3 Å². The molecule has 29 heavy (non-hydrogen) atoms. The molecule has 0 radical (unpaired) electrons. The van der Waals surface area contributed by atoms with E-state index in [1.54, 1.807) is 13.0 Å². The SMILES string of the molecule is CCOC(=O)c1cnc2ccc(F)cc2c1N1CCCN(c2nc(C)ns2)CC1. The zero-order valence-electron chi connectivity index (χ0n) is 16.4. The predicted octanol–water partition coefficient (Wildman–Crippen LogP) is 3.43. The number of carbonyl (C=O) groups is 1. The highest BCUT2D eigenvalue weighted by Gasteiger charge is 2.25. The largest absolute Gasteiger partial charge is 0.462 e. The van der Waals surface area contributed by atoms with Gasteiger partial charge in [-0.3, -0.25) is 4.98 Å². The summed E-state index contributed by atoms with van der Waals surface area (Å²) in [4.78, 5) is 25.8. The molecular weight excluding hydrogens is 393 g/mol. The first kappa shape index (κ1) is 19.5. The molecule has 0 atom stereocenters. The van der Waals surface area contributed by atoms with Crippen LogP contribution in [0.4, 0.5) is 15.2 Å². The molecule has 0 bridgehead atoms. The van der Waals surface area contributed by atoms with Crippen molar-refractivity contribution in [1.29, 1.82) is 0 Å². The van der Waals surface area contributed by atoms with Crippen LogP contribution in [0.3, 0.4) is 0 Å². The molecule has 1 saturated heterocycles. The van der Waals surface area contributed by atoms with Crippen LogP contribution in [-0.2, 0) is 4.74 Å². The van der Waals surface area contributed by atoms with E-state index in [0.29, 0.717) is 28.7 Å². The van der Waals surface area contributed by atoms with E-state index in [1.807, 2.05) is 6.92 Å². The van der Waals surface area contributed by atoms with Gasteiger partial charge in [0.2, 0.25) is 5.13 Å². The Balaban J connectivity index is 1.72. The van der Waals surface area contributed by atoms with Crippen molar-refractivity contribution in [2.24, 2.45) is 0 Å². The smallest absolute Gasteiger partial charge is 0.341 e. The topological polar surface area (TPSA) is 71.5 Å². The van der Waals surface area contributed by atoms with Crippen molar-refractivity contribution in [3.05, 3.63) is 41.6 Å². The number of esters is 1. The Morgan fingerprint density at radius 3 is 2.79 bits per heavy atom. The van der Waals surface area contributed by atoms with E-state index in [-0.39, 0.29) is 12.4 Å². The lowest BCUT2D eigenvalue weighted by Crippen LogP contribution is -2.32. The summed E-state index contributed by atoms with van der Waals surface area (Å²) >= 11 is 1.39. The number of anilines is 2. The molecule has 1 aliphatic heterocycles. The second-order valence-electron chi connectivity index (χ2n) is 6.85. The minimum Gasteiger partial charge on any atom is -0.462 e. The van der Waals surface area contributed by atoms with E-state index in [0.717, 1.165) is 37.0 Å². The van der Waals surface area contributed by atoms with E-state index < -0.39 is 5.97 Å². The van der Waals surface area contributed by atoms with Crippen molar-refractivity contribution in [2.75, 3.05) is 42.6 Å². The van der Waals surface area contributed by atoms with E-state index in [4.69, 9.17) is 4.74 Å². The molecule has 1 aromatic carbocycles. The maximum atomic E-state index is 14.0. The van der Waals surface area contributed by atoms with Crippen LogP contribution in [0.25, 0.3) is 10.9 Å². The Morgan fingerprint density at radius 1 is 1.24 bits per heavy atom. The second-order valence-corrected chi connectivity index (χ2v) is 7.58. The lowest BCUT2D eigenvalue weighted by molar-refractivity contribution is 0.0527. The van der Waals surface area contributed by atoms with Gasteiger partial charge in [-0.05, 0) is 38.5 Å². The first-order valence-corrected chi connectivity index (χ1v) is 10.4. The summed E-state index contributed by atoms with van der Waals surface area (Å²) in [5, 5.41) is 1.52. The van der Waals surface area contributed by atoms with Crippen LogP contribution in [0.2, 0.25) is 0 Å². The van der Waals surface area contributed by atoms with Crippen LogP contribution in [0.15, 0.2) is 24.4 Å². The molecule has 3 heterocycles. The fourth-order valence-electron chi connectivity index (χ4n) is 3.60. The third-order valence-electron chi connectivity index (χ3n) is 4.90. The van der Waals surface area contributed by atoms with Gasteiger partial charge >= 0.3 is 5.97 Å². The molecule has 3 aromatic rings. The molecule has 0 saturated carbocycles. The lowest BCUT2D eigenvalue weighted by atomic mass is 10.1. The van der Waals surface area contributed by atoms with Gasteiger partial charge in [-0.1, -0.05) is 0 Å². The Bertz CT molecular complexity index is 1040. The van der Waals surface area contributed by atoms with Gasteiger partial charge in [0.25, 0.3) is 0 Å². The van der Waals surface area contributed by atoms with E-state index >= 15 is 0 Å². The van der Waals surface area contributed by atoms with Crippen LogP contribution in [0, 0.1) is 12.7 Å². The summed E-state index contributed by atoms with van der Waals surface area (Å²) < 4.78 is 23.6. The highest BCUT2D eigenvalue weighted by atomic mass is 32.1. The number of aryl methyl sites for hydroxylation is 1. The molecule has 9 heteroatoms. The molecule has 0 unspecified atom stereocenters. The standard InChI is InChI=1S/C20H22FN5O2S/c1-3-28-19(27)16-12-22-17-6-5-14(21)11-15(17)18(16)25-7-4-8-26(10-9-25)20-23-13(2)24-29-20/h5-6,11-12H,3-4,7-10H2,1-2H3. The number of aromatic nitrogens is 3. The zero-order valence-corrected chi connectivity index (χ0v) is 17.2. The molecule has 1 aliphatic rings. The van der Waals surface area contributed by atoms with E-state index in [1.165, 1.54) is 29.9 Å². The number of pyridine rings is 1. The van der Waals surface area contributed by atoms with Gasteiger partial charge in [-0.2, -0.15) is 4.37 Å². The number of hydrogen-bond donors (Lipinski definition) is 0. The molecule has 0 spiro atoms. The maximum Gasteiger partial charge on any atom is 0.341 e. The molecule has 0 aliphatic carbocycles. The first-order valence-electron chi connectivity index (χ1n) is 9.62. The summed E-state index contributed by atoms with van der Waals surface area (Å²) in [5.41, 5.74) is 1.70. The fourth-order valence-corrected chi connectivity index (χ4v) is 4.32. The average molecular weight is 415 g/mol. The van der Waals surface area contributed by atoms with E-state index in [2.05, 4.69) is 24.1 Å². The average Bonchev–Trinajstić information content (AvgIpc) is 2.99. The predicted molar refractivity (Wildman–Crippen MR) is 111 cm³/mol. The van der Waals surface area contributed by atoms with E-state index in [9.17, 15) is 9.18 Å². The first-order chi connectivity index (χ1) is 14.1. The van der Waals surface area contributed by atoms with Crippen molar-refractivity contribution in [1.82, 2.24) is 14.3 Å². The van der Waals surface area contributed by atoms with Gasteiger partial charge in [0.15, 0.2) is 0 Å². The Kier molecular flexibility index (Phi) is 5.57. The van der Waals surface area contributed by atoms with Gasteiger partial charge in [0.05, 0.1) is 17.8 Å². The molecule has 7 nitrogen and oxygen atoms in total. The number of ether oxygens (including phenoxy) is 1. The quantitative estimate of drug-likeness (QED) is 0.605. The van der Waals surface area contributed by atoms with Gasteiger partial charge in [0.1, 0.15) is 17.2 Å². The van der Waals surface area contributed by atoms with Crippen LogP contribution in [0.1, 0.15) is 29.5 Å². The lowest BCUT2D eigenvalue weighted by Gasteiger charge is -2.26. The minimum atomic E-state index is -0.443. The highest BCUT2D eigenvalue weighted by Crippen LogP contribution is 2.32. The third kappa shape index (κ3) is 4.00. The normalized spacial score (nSPS) is 14.9. The molecule has 152 valence electrons. The van der Waals surface area contributed by atoms with Crippen LogP contribution in [0.5, 0.6) is 0 Å². The van der Waals surface area contributed by atoms with Gasteiger partial charge in [-0.15, -0.1) is 0 Å². The molecule has 4 rings (SSSR count). The minimum absolute atomic E-state index is 0.267. The number of halogens is 1. The monoisotopic (exact) mass is 415 g/mol.